The van der Waals surface area contributed by atoms with Crippen molar-refractivity contribution in [2.75, 3.05) is 0 Å². The van der Waals surface area contributed by atoms with E-state index in [1.165, 1.54) is 0 Å². The highest BCUT2D eigenvalue weighted by Gasteiger charge is 2.38. The molecule has 1 aliphatic rings. The lowest BCUT2D eigenvalue weighted by molar-refractivity contribution is -0.147. The summed E-state index contributed by atoms with van der Waals surface area (Å²) in [5.74, 6) is 0.374. The second-order valence-electron chi connectivity index (χ2n) is 5.04. The summed E-state index contributed by atoms with van der Waals surface area (Å²) in [5.41, 5.74) is 0.479. The van der Waals surface area contributed by atoms with Crippen LogP contribution in [-0.4, -0.2) is 11.6 Å². The molecule has 0 radical (unpaired) electrons. The zero-order chi connectivity index (χ0) is 13.6. The Labute approximate surface area is 111 Å². The summed E-state index contributed by atoms with van der Waals surface area (Å²) in [6.07, 6.45) is 11.2. The van der Waals surface area contributed by atoms with E-state index in [2.05, 4.69) is 39.0 Å². The van der Waals surface area contributed by atoms with Crippen molar-refractivity contribution in [3.63, 3.8) is 0 Å². The van der Waals surface area contributed by atoms with Gasteiger partial charge in [-0.1, -0.05) is 39.8 Å². The summed E-state index contributed by atoms with van der Waals surface area (Å²) in [5, 5.41) is 0. The molecule has 18 heavy (non-hydrogen) atoms. The first-order valence-electron chi connectivity index (χ1n) is 7.22. The number of hydrogen-bond donors (Lipinski definition) is 0. The van der Waals surface area contributed by atoms with Crippen LogP contribution in [-0.2, 0) is 9.53 Å². The van der Waals surface area contributed by atoms with Gasteiger partial charge in [-0.05, 0) is 44.1 Å². The van der Waals surface area contributed by atoms with E-state index in [1.54, 1.807) is 0 Å². The fraction of sp³-hybridized carbons (Fsp3) is 0.688. The van der Waals surface area contributed by atoms with E-state index in [1.807, 2.05) is 6.92 Å². The van der Waals surface area contributed by atoms with Crippen LogP contribution in [0.5, 0.6) is 0 Å². The number of rotatable bonds is 7. The van der Waals surface area contributed by atoms with Gasteiger partial charge in [0, 0.05) is 5.57 Å². The molecule has 0 N–H and O–H groups in total. The number of ether oxygens (including phenoxy) is 1. The summed E-state index contributed by atoms with van der Waals surface area (Å²) < 4.78 is 5.65. The molecule has 0 spiro atoms. The molecule has 0 amide bonds. The van der Waals surface area contributed by atoms with Crippen LogP contribution in [0.4, 0.5) is 0 Å². The lowest BCUT2D eigenvalue weighted by Gasteiger charge is -2.28. The van der Waals surface area contributed by atoms with Crippen LogP contribution in [0.2, 0.25) is 0 Å². The van der Waals surface area contributed by atoms with Gasteiger partial charge in [0.15, 0.2) is 0 Å². The zero-order valence-electron chi connectivity index (χ0n) is 12.2. The molecular weight excluding hydrogens is 224 g/mol. The highest BCUT2D eigenvalue weighted by Crippen LogP contribution is 2.36. The van der Waals surface area contributed by atoms with E-state index >= 15 is 0 Å². The summed E-state index contributed by atoms with van der Waals surface area (Å²) >= 11 is 0. The van der Waals surface area contributed by atoms with Gasteiger partial charge in [0.1, 0.15) is 5.60 Å². The molecule has 0 bridgehead atoms. The molecule has 102 valence electrons. The third-order valence-corrected chi connectivity index (χ3v) is 3.75. The van der Waals surface area contributed by atoms with Crippen molar-refractivity contribution in [1.29, 1.82) is 0 Å². The van der Waals surface area contributed by atoms with Crippen LogP contribution in [0.1, 0.15) is 59.8 Å². The van der Waals surface area contributed by atoms with Crippen LogP contribution in [0.3, 0.4) is 0 Å². The van der Waals surface area contributed by atoms with E-state index < -0.39 is 0 Å². The number of cyclic esters (lactones) is 1. The van der Waals surface area contributed by atoms with Gasteiger partial charge in [-0.2, -0.15) is 0 Å². The minimum Gasteiger partial charge on any atom is -0.451 e. The van der Waals surface area contributed by atoms with E-state index in [0.717, 1.165) is 37.7 Å². The molecule has 2 heteroatoms. The average Bonchev–Trinajstić information content (AvgIpc) is 2.71. The number of carbonyl (C=O) groups is 1. The van der Waals surface area contributed by atoms with Crippen molar-refractivity contribution in [2.45, 2.75) is 65.4 Å². The Bertz CT molecular complexity index is 341. The first-order valence-corrected chi connectivity index (χ1v) is 7.22. The molecule has 0 aliphatic carbocycles. The maximum absolute atomic E-state index is 11.8. The average molecular weight is 250 g/mol. The molecular formula is C16H26O2. The number of esters is 1. The molecule has 0 saturated carbocycles. The standard InChI is InChI=1S/C16H26O2/c1-5-9-10-13(6-2)11-16(8-4)12-14(7-3)15(17)18-16/h9-10,12-13H,5-8,11H2,1-4H3. The second kappa shape index (κ2) is 6.77. The van der Waals surface area contributed by atoms with Gasteiger partial charge in [0.05, 0.1) is 0 Å². The molecule has 1 heterocycles. The van der Waals surface area contributed by atoms with Crippen LogP contribution in [0.25, 0.3) is 0 Å². The Morgan fingerprint density at radius 2 is 2.06 bits per heavy atom. The predicted molar refractivity (Wildman–Crippen MR) is 75.3 cm³/mol. The number of allylic oxidation sites excluding steroid dienone is 2. The van der Waals surface area contributed by atoms with Gasteiger partial charge in [0.2, 0.25) is 0 Å². The SMILES string of the molecule is CCC=CC(CC)CC1(CC)C=C(CC)C(=O)O1. The van der Waals surface area contributed by atoms with Crippen molar-refractivity contribution >= 4 is 5.97 Å². The highest BCUT2D eigenvalue weighted by molar-refractivity contribution is 5.91. The Morgan fingerprint density at radius 3 is 2.50 bits per heavy atom. The zero-order valence-corrected chi connectivity index (χ0v) is 12.2. The first-order chi connectivity index (χ1) is 8.60. The normalized spacial score (nSPS) is 25.3. The van der Waals surface area contributed by atoms with Gasteiger partial charge >= 0.3 is 5.97 Å². The Hall–Kier alpha value is -1.05. The van der Waals surface area contributed by atoms with Crippen molar-refractivity contribution < 1.29 is 9.53 Å². The van der Waals surface area contributed by atoms with Crippen molar-refractivity contribution in [1.82, 2.24) is 0 Å². The lowest BCUT2D eigenvalue weighted by atomic mass is 9.86. The predicted octanol–water partition coefficient (Wildman–Crippen LogP) is 4.41. The topological polar surface area (TPSA) is 26.3 Å². The molecule has 1 aliphatic heterocycles. The quantitative estimate of drug-likeness (QED) is 0.494. The Kier molecular flexibility index (Phi) is 5.64. The summed E-state index contributed by atoms with van der Waals surface area (Å²) in [6, 6.07) is 0. The highest BCUT2D eigenvalue weighted by atomic mass is 16.6. The molecule has 2 unspecified atom stereocenters. The van der Waals surface area contributed by atoms with E-state index in [9.17, 15) is 4.79 Å². The molecule has 0 fully saturated rings. The molecule has 2 nitrogen and oxygen atoms in total. The molecule has 0 aromatic rings. The van der Waals surface area contributed by atoms with Gasteiger partial charge in [-0.3, -0.25) is 0 Å². The third-order valence-electron chi connectivity index (χ3n) is 3.75. The van der Waals surface area contributed by atoms with Crippen LogP contribution in [0.15, 0.2) is 23.8 Å². The lowest BCUT2D eigenvalue weighted by Crippen LogP contribution is -2.29. The minimum absolute atomic E-state index is 0.117. The smallest absolute Gasteiger partial charge is 0.334 e. The van der Waals surface area contributed by atoms with Crippen molar-refractivity contribution in [3.8, 4) is 0 Å². The van der Waals surface area contributed by atoms with E-state index in [0.29, 0.717) is 5.92 Å². The van der Waals surface area contributed by atoms with Gasteiger partial charge in [-0.25, -0.2) is 4.79 Å². The van der Waals surface area contributed by atoms with Crippen LogP contribution >= 0.6 is 0 Å². The summed E-state index contributed by atoms with van der Waals surface area (Å²) in [6.45, 7) is 8.44. The largest absolute Gasteiger partial charge is 0.451 e. The monoisotopic (exact) mass is 250 g/mol. The van der Waals surface area contributed by atoms with E-state index in [-0.39, 0.29) is 11.6 Å². The third kappa shape index (κ3) is 3.47. The number of hydrogen-bond acceptors (Lipinski definition) is 2. The maximum atomic E-state index is 11.8. The number of carbonyl (C=O) groups excluding carboxylic acids is 1. The Morgan fingerprint density at radius 1 is 1.33 bits per heavy atom. The van der Waals surface area contributed by atoms with Crippen molar-refractivity contribution in [3.05, 3.63) is 23.8 Å². The van der Waals surface area contributed by atoms with Crippen LogP contribution < -0.4 is 0 Å². The second-order valence-corrected chi connectivity index (χ2v) is 5.04. The summed E-state index contributed by atoms with van der Waals surface area (Å²) in [4.78, 5) is 11.8. The Balaban J connectivity index is 2.81. The first kappa shape index (κ1) is 15.0. The molecule has 2 atom stereocenters. The minimum atomic E-state index is -0.360. The molecule has 0 saturated heterocycles. The van der Waals surface area contributed by atoms with Crippen LogP contribution in [0, 0.1) is 5.92 Å². The summed E-state index contributed by atoms with van der Waals surface area (Å²) in [7, 11) is 0. The van der Waals surface area contributed by atoms with Crippen molar-refractivity contribution in [2.24, 2.45) is 5.92 Å². The van der Waals surface area contributed by atoms with Gasteiger partial charge in [0.25, 0.3) is 0 Å². The van der Waals surface area contributed by atoms with Gasteiger partial charge < -0.3 is 4.74 Å². The molecule has 0 aromatic heterocycles. The van der Waals surface area contributed by atoms with E-state index in [4.69, 9.17) is 4.74 Å². The maximum Gasteiger partial charge on any atom is 0.334 e. The molecule has 1 rings (SSSR count). The fourth-order valence-electron chi connectivity index (χ4n) is 2.44. The van der Waals surface area contributed by atoms with Gasteiger partial charge in [-0.15, -0.1) is 0 Å². The fourth-order valence-corrected chi connectivity index (χ4v) is 2.44. The molecule has 0 aromatic carbocycles.